The van der Waals surface area contributed by atoms with Gasteiger partial charge >= 0.3 is 0 Å². The molecule has 0 amide bonds. The first-order chi connectivity index (χ1) is 11.0. The Bertz CT molecular complexity index is 800. The fourth-order valence-corrected chi connectivity index (χ4v) is 2.43. The standard InChI is InChI=1S/C14H10ClN3O4S/c15-10-6-9(18(19)20)2-3-11(10)17-14(23)16-8-1-4-12-13(5-8)22-7-21-12/h1-6H,7H2,(H2,16,17,23). The summed E-state index contributed by atoms with van der Waals surface area (Å²) in [5.74, 6) is 1.30. The number of non-ortho nitro benzene ring substituents is 1. The van der Waals surface area contributed by atoms with Crippen molar-refractivity contribution in [2.24, 2.45) is 0 Å². The van der Waals surface area contributed by atoms with Crippen molar-refractivity contribution in [3.8, 4) is 11.5 Å². The Kier molecular flexibility index (Phi) is 4.18. The molecule has 9 heteroatoms. The summed E-state index contributed by atoms with van der Waals surface area (Å²) < 4.78 is 10.5. The molecule has 0 aliphatic carbocycles. The minimum Gasteiger partial charge on any atom is -0.454 e. The van der Waals surface area contributed by atoms with Crippen molar-refractivity contribution < 1.29 is 14.4 Å². The summed E-state index contributed by atoms with van der Waals surface area (Å²) in [6.07, 6.45) is 0. The zero-order valence-corrected chi connectivity index (χ0v) is 13.1. The first kappa shape index (κ1) is 15.3. The van der Waals surface area contributed by atoms with E-state index in [1.165, 1.54) is 18.2 Å². The third kappa shape index (κ3) is 3.43. The molecule has 2 N–H and O–H groups in total. The quantitative estimate of drug-likeness (QED) is 0.494. The van der Waals surface area contributed by atoms with Gasteiger partial charge in [-0.3, -0.25) is 10.1 Å². The molecule has 2 aromatic rings. The van der Waals surface area contributed by atoms with Gasteiger partial charge in [-0.1, -0.05) is 11.6 Å². The predicted molar refractivity (Wildman–Crippen MR) is 90.5 cm³/mol. The summed E-state index contributed by atoms with van der Waals surface area (Å²) in [5, 5.41) is 17.0. The fourth-order valence-electron chi connectivity index (χ4n) is 1.98. The maximum Gasteiger partial charge on any atom is 0.271 e. The fraction of sp³-hybridized carbons (Fsp3) is 0.0714. The Balaban J connectivity index is 1.69. The van der Waals surface area contributed by atoms with Gasteiger partial charge in [0.25, 0.3) is 5.69 Å². The molecule has 0 atom stereocenters. The Morgan fingerprint density at radius 2 is 1.96 bits per heavy atom. The van der Waals surface area contributed by atoms with E-state index in [-0.39, 0.29) is 17.5 Å². The first-order valence-electron chi connectivity index (χ1n) is 6.44. The van der Waals surface area contributed by atoms with Crippen LogP contribution in [0.25, 0.3) is 0 Å². The van der Waals surface area contributed by atoms with Gasteiger partial charge in [-0.05, 0) is 30.4 Å². The second kappa shape index (κ2) is 6.27. The maximum atomic E-state index is 10.7. The highest BCUT2D eigenvalue weighted by Crippen LogP contribution is 2.34. The second-order valence-electron chi connectivity index (χ2n) is 4.57. The summed E-state index contributed by atoms with van der Waals surface area (Å²) in [6, 6.07) is 9.41. The summed E-state index contributed by atoms with van der Waals surface area (Å²) in [6.45, 7) is 0.194. The number of nitrogens with zero attached hydrogens (tertiary/aromatic N) is 1. The molecule has 23 heavy (non-hydrogen) atoms. The van der Waals surface area contributed by atoms with Crippen molar-refractivity contribution in [1.29, 1.82) is 0 Å². The SMILES string of the molecule is O=[N+]([O-])c1ccc(NC(=S)Nc2ccc3c(c2)OCO3)c(Cl)c1. The number of thiocarbonyl (C=S) groups is 1. The number of nitro groups is 1. The highest BCUT2D eigenvalue weighted by molar-refractivity contribution is 7.80. The number of benzene rings is 2. The van der Waals surface area contributed by atoms with Gasteiger partial charge in [0, 0.05) is 23.9 Å². The highest BCUT2D eigenvalue weighted by atomic mass is 35.5. The molecular weight excluding hydrogens is 342 g/mol. The Morgan fingerprint density at radius 3 is 2.70 bits per heavy atom. The number of hydrogen-bond acceptors (Lipinski definition) is 5. The number of anilines is 2. The van der Waals surface area contributed by atoms with Gasteiger partial charge in [-0.2, -0.15) is 0 Å². The lowest BCUT2D eigenvalue weighted by atomic mass is 10.2. The van der Waals surface area contributed by atoms with Crippen LogP contribution in [-0.2, 0) is 0 Å². The van der Waals surface area contributed by atoms with E-state index in [1.54, 1.807) is 18.2 Å². The number of halogens is 1. The van der Waals surface area contributed by atoms with Crippen molar-refractivity contribution >= 4 is 46.0 Å². The molecule has 0 saturated heterocycles. The third-order valence-electron chi connectivity index (χ3n) is 3.04. The van der Waals surface area contributed by atoms with E-state index in [2.05, 4.69) is 10.6 Å². The van der Waals surface area contributed by atoms with Crippen molar-refractivity contribution in [1.82, 2.24) is 0 Å². The zero-order valence-electron chi connectivity index (χ0n) is 11.5. The summed E-state index contributed by atoms with van der Waals surface area (Å²) in [5.41, 5.74) is 1.09. The average molecular weight is 352 g/mol. The number of fused-ring (bicyclic) bond motifs is 1. The van der Waals surface area contributed by atoms with Crippen LogP contribution >= 0.6 is 23.8 Å². The molecule has 118 valence electrons. The lowest BCUT2D eigenvalue weighted by molar-refractivity contribution is -0.384. The molecule has 7 nitrogen and oxygen atoms in total. The third-order valence-corrected chi connectivity index (χ3v) is 3.56. The summed E-state index contributed by atoms with van der Waals surface area (Å²) >= 11 is 11.2. The molecule has 1 aliphatic heterocycles. The lowest BCUT2D eigenvalue weighted by Gasteiger charge is -2.12. The van der Waals surface area contributed by atoms with E-state index in [9.17, 15) is 10.1 Å². The molecule has 0 unspecified atom stereocenters. The van der Waals surface area contributed by atoms with Crippen LogP contribution < -0.4 is 20.1 Å². The molecule has 0 spiro atoms. The van der Waals surface area contributed by atoms with Gasteiger partial charge in [0.1, 0.15) is 0 Å². The van der Waals surface area contributed by atoms with Gasteiger partial charge in [-0.15, -0.1) is 0 Å². The van der Waals surface area contributed by atoms with Gasteiger partial charge in [-0.25, -0.2) is 0 Å². The average Bonchev–Trinajstić information content (AvgIpc) is 2.96. The Hall–Kier alpha value is -2.58. The van der Waals surface area contributed by atoms with E-state index in [0.717, 1.165) is 0 Å². The second-order valence-corrected chi connectivity index (χ2v) is 5.38. The molecule has 1 aliphatic rings. The van der Waals surface area contributed by atoms with E-state index >= 15 is 0 Å². The molecule has 0 saturated carbocycles. The van der Waals surface area contributed by atoms with E-state index in [4.69, 9.17) is 33.3 Å². The van der Waals surface area contributed by atoms with E-state index < -0.39 is 4.92 Å². The van der Waals surface area contributed by atoms with Crippen LogP contribution in [0.4, 0.5) is 17.1 Å². The van der Waals surface area contributed by atoms with Crippen molar-refractivity contribution in [3.05, 3.63) is 51.5 Å². The van der Waals surface area contributed by atoms with E-state index in [0.29, 0.717) is 28.0 Å². The number of hydrogen-bond donors (Lipinski definition) is 2. The molecular formula is C14H10ClN3O4S. The van der Waals surface area contributed by atoms with Gasteiger partial charge in [0.2, 0.25) is 6.79 Å². The molecule has 0 aromatic heterocycles. The largest absolute Gasteiger partial charge is 0.454 e. The van der Waals surface area contributed by atoms with Crippen LogP contribution in [0, 0.1) is 10.1 Å². The van der Waals surface area contributed by atoms with Gasteiger partial charge in [0.05, 0.1) is 15.6 Å². The highest BCUT2D eigenvalue weighted by Gasteiger charge is 2.14. The molecule has 0 radical (unpaired) electrons. The zero-order chi connectivity index (χ0) is 16.4. The van der Waals surface area contributed by atoms with E-state index in [1.807, 2.05) is 0 Å². The van der Waals surface area contributed by atoms with Crippen LogP contribution in [0.5, 0.6) is 11.5 Å². The molecule has 0 bridgehead atoms. The number of ether oxygens (including phenoxy) is 2. The summed E-state index contributed by atoms with van der Waals surface area (Å²) in [4.78, 5) is 10.2. The van der Waals surface area contributed by atoms with Crippen LogP contribution in [0.3, 0.4) is 0 Å². The van der Waals surface area contributed by atoms with Crippen LogP contribution in [0.15, 0.2) is 36.4 Å². The summed E-state index contributed by atoms with van der Waals surface area (Å²) in [7, 11) is 0. The van der Waals surface area contributed by atoms with Gasteiger partial charge in [0.15, 0.2) is 16.6 Å². The molecule has 1 heterocycles. The van der Waals surface area contributed by atoms with Crippen molar-refractivity contribution in [2.75, 3.05) is 17.4 Å². The maximum absolute atomic E-state index is 10.7. The van der Waals surface area contributed by atoms with Gasteiger partial charge < -0.3 is 20.1 Å². The molecule has 0 fully saturated rings. The van der Waals surface area contributed by atoms with Crippen molar-refractivity contribution in [3.63, 3.8) is 0 Å². The predicted octanol–water partition coefficient (Wildman–Crippen LogP) is 3.79. The Morgan fingerprint density at radius 1 is 1.17 bits per heavy atom. The topological polar surface area (TPSA) is 85.7 Å². The lowest BCUT2D eigenvalue weighted by Crippen LogP contribution is -2.19. The molecule has 3 rings (SSSR count). The minimum atomic E-state index is -0.515. The number of nitro benzene ring substituents is 1. The number of nitrogens with one attached hydrogen (secondary N) is 2. The van der Waals surface area contributed by atoms with Crippen molar-refractivity contribution in [2.45, 2.75) is 0 Å². The Labute approximate surface area is 141 Å². The normalized spacial score (nSPS) is 11.9. The van der Waals surface area contributed by atoms with Crippen LogP contribution in [0.2, 0.25) is 5.02 Å². The minimum absolute atomic E-state index is 0.0878. The first-order valence-corrected chi connectivity index (χ1v) is 7.23. The van der Waals surface area contributed by atoms with Crippen LogP contribution in [-0.4, -0.2) is 16.8 Å². The monoisotopic (exact) mass is 351 g/mol. The van der Waals surface area contributed by atoms with Crippen LogP contribution in [0.1, 0.15) is 0 Å². The smallest absolute Gasteiger partial charge is 0.271 e. The molecule has 2 aromatic carbocycles. The number of rotatable bonds is 3.